The van der Waals surface area contributed by atoms with E-state index < -0.39 is 5.54 Å². The average molecular weight is 345 g/mol. The molecule has 1 amide bonds. The van der Waals surface area contributed by atoms with Crippen LogP contribution in [0.5, 0.6) is 0 Å². The van der Waals surface area contributed by atoms with Crippen LogP contribution < -0.4 is 5.32 Å². The number of thiocarbonyl (C=S) groups is 1. The molecule has 0 saturated heterocycles. The quantitative estimate of drug-likeness (QED) is 0.534. The highest BCUT2D eigenvalue weighted by Crippen LogP contribution is 2.27. The number of rotatable bonds is 5. The predicted octanol–water partition coefficient (Wildman–Crippen LogP) is 4.75. The second-order valence-electron chi connectivity index (χ2n) is 6.01. The molecule has 1 atom stereocenters. The zero-order valence-corrected chi connectivity index (χ0v) is 14.8. The Morgan fingerprint density at radius 2 is 1.20 bits per heavy atom. The van der Waals surface area contributed by atoms with Crippen molar-refractivity contribution < 1.29 is 4.79 Å². The first-order valence-corrected chi connectivity index (χ1v) is 8.55. The third-order valence-electron chi connectivity index (χ3n) is 4.24. The summed E-state index contributed by atoms with van der Waals surface area (Å²) in [6.07, 6.45) is 0. The lowest BCUT2D eigenvalue weighted by atomic mass is 9.85. The van der Waals surface area contributed by atoms with E-state index in [0.717, 1.165) is 11.1 Å². The highest BCUT2D eigenvalue weighted by Gasteiger charge is 2.34. The van der Waals surface area contributed by atoms with Crippen LogP contribution in [0.2, 0.25) is 0 Å². The number of carbonyl (C=O) groups is 1. The Hall–Kier alpha value is -2.78. The van der Waals surface area contributed by atoms with Gasteiger partial charge in [0.05, 0.1) is 10.4 Å². The third-order valence-corrected chi connectivity index (χ3v) is 4.88. The summed E-state index contributed by atoms with van der Waals surface area (Å²) in [6.45, 7) is 1.96. The highest BCUT2D eigenvalue weighted by atomic mass is 32.1. The van der Waals surface area contributed by atoms with Crippen LogP contribution in [0.25, 0.3) is 0 Å². The number of benzene rings is 3. The average Bonchev–Trinajstić information content (AvgIpc) is 2.69. The second-order valence-corrected chi connectivity index (χ2v) is 6.41. The topological polar surface area (TPSA) is 29.1 Å². The Kier molecular flexibility index (Phi) is 5.05. The summed E-state index contributed by atoms with van der Waals surface area (Å²) < 4.78 is 0. The Bertz CT molecular complexity index is 862. The molecule has 0 aliphatic carbocycles. The van der Waals surface area contributed by atoms with E-state index in [2.05, 4.69) is 5.32 Å². The molecule has 0 fully saturated rings. The Labute approximate surface area is 153 Å². The van der Waals surface area contributed by atoms with Gasteiger partial charge in [-0.25, -0.2) is 0 Å². The van der Waals surface area contributed by atoms with E-state index in [4.69, 9.17) is 12.2 Å². The Balaban J connectivity index is 2.01. The molecule has 124 valence electrons. The summed E-state index contributed by atoms with van der Waals surface area (Å²) in [5.41, 5.74) is 1.70. The first-order chi connectivity index (χ1) is 12.1. The van der Waals surface area contributed by atoms with Gasteiger partial charge >= 0.3 is 0 Å². The van der Waals surface area contributed by atoms with Gasteiger partial charge in [0.1, 0.15) is 0 Å². The summed E-state index contributed by atoms with van der Waals surface area (Å²) >= 11 is 5.79. The number of nitrogens with one attached hydrogen (secondary N) is 1. The van der Waals surface area contributed by atoms with Crippen LogP contribution in [0, 0.1) is 0 Å². The van der Waals surface area contributed by atoms with Gasteiger partial charge in [-0.2, -0.15) is 0 Å². The SMILES string of the molecule is C[C@](NC(=O)c1ccccc1)(C(=S)c1ccccc1)c1ccccc1. The van der Waals surface area contributed by atoms with E-state index >= 15 is 0 Å². The number of amides is 1. The maximum Gasteiger partial charge on any atom is 0.252 e. The molecule has 3 aromatic carbocycles. The van der Waals surface area contributed by atoms with Gasteiger partial charge in [-0.15, -0.1) is 0 Å². The van der Waals surface area contributed by atoms with Gasteiger partial charge in [0, 0.05) is 5.56 Å². The van der Waals surface area contributed by atoms with Crippen LogP contribution in [0.15, 0.2) is 91.0 Å². The van der Waals surface area contributed by atoms with E-state index in [9.17, 15) is 4.79 Å². The van der Waals surface area contributed by atoms with E-state index in [1.165, 1.54) is 0 Å². The van der Waals surface area contributed by atoms with Crippen LogP contribution >= 0.6 is 12.2 Å². The standard InChI is InChI=1S/C22H19NOS/c1-22(19-15-9-4-10-16-19,20(25)17-11-5-2-6-12-17)23-21(24)18-13-7-3-8-14-18/h2-16H,1H3,(H,23,24)/t22-/m1/s1. The fourth-order valence-corrected chi connectivity index (χ4v) is 3.10. The van der Waals surface area contributed by atoms with Crippen molar-refractivity contribution in [1.82, 2.24) is 5.32 Å². The van der Waals surface area contributed by atoms with Crippen LogP contribution in [0.4, 0.5) is 0 Å². The number of carbonyl (C=O) groups excluding carboxylic acids is 1. The van der Waals surface area contributed by atoms with E-state index in [-0.39, 0.29) is 5.91 Å². The summed E-state index contributed by atoms with van der Waals surface area (Å²) in [5.74, 6) is -0.148. The summed E-state index contributed by atoms with van der Waals surface area (Å²) in [5, 5.41) is 3.14. The molecule has 0 aliphatic heterocycles. The van der Waals surface area contributed by atoms with Crippen LogP contribution in [-0.4, -0.2) is 10.8 Å². The van der Waals surface area contributed by atoms with Crippen molar-refractivity contribution in [2.75, 3.05) is 0 Å². The minimum Gasteiger partial charge on any atom is -0.338 e. The van der Waals surface area contributed by atoms with Crippen molar-refractivity contribution in [3.63, 3.8) is 0 Å². The fourth-order valence-electron chi connectivity index (χ4n) is 2.80. The molecule has 0 aromatic heterocycles. The first-order valence-electron chi connectivity index (χ1n) is 8.14. The predicted molar refractivity (Wildman–Crippen MR) is 106 cm³/mol. The molecule has 3 heteroatoms. The maximum absolute atomic E-state index is 12.8. The molecule has 0 bridgehead atoms. The van der Waals surface area contributed by atoms with Crippen molar-refractivity contribution >= 4 is 23.0 Å². The van der Waals surface area contributed by atoms with Crippen LogP contribution in [0.3, 0.4) is 0 Å². The number of hydrogen-bond acceptors (Lipinski definition) is 2. The van der Waals surface area contributed by atoms with Gasteiger partial charge in [-0.3, -0.25) is 4.79 Å². The first kappa shape index (κ1) is 17.1. The molecule has 0 heterocycles. The monoisotopic (exact) mass is 345 g/mol. The second kappa shape index (κ2) is 7.41. The van der Waals surface area contributed by atoms with Gasteiger partial charge in [-0.05, 0) is 30.2 Å². The molecule has 0 spiro atoms. The Morgan fingerprint density at radius 3 is 1.72 bits per heavy atom. The van der Waals surface area contributed by atoms with Crippen molar-refractivity contribution in [3.05, 3.63) is 108 Å². The molecule has 1 N–H and O–H groups in total. The largest absolute Gasteiger partial charge is 0.338 e. The Morgan fingerprint density at radius 1 is 0.760 bits per heavy atom. The molecule has 0 unspecified atom stereocenters. The summed E-state index contributed by atoms with van der Waals surface area (Å²) in [4.78, 5) is 13.5. The molecular weight excluding hydrogens is 326 g/mol. The third kappa shape index (κ3) is 3.67. The fraction of sp³-hybridized carbons (Fsp3) is 0.0909. The minimum atomic E-state index is -0.787. The zero-order valence-electron chi connectivity index (χ0n) is 14.0. The minimum absolute atomic E-state index is 0.148. The molecular formula is C22H19NOS. The van der Waals surface area contributed by atoms with Gasteiger partial charge in [0.2, 0.25) is 0 Å². The van der Waals surface area contributed by atoms with Crippen LogP contribution in [0.1, 0.15) is 28.4 Å². The molecule has 3 aromatic rings. The summed E-state index contributed by atoms with van der Waals surface area (Å²) in [6, 6.07) is 28.8. The maximum atomic E-state index is 12.8. The van der Waals surface area contributed by atoms with Gasteiger partial charge in [0.25, 0.3) is 5.91 Å². The molecule has 0 aliphatic rings. The molecule has 3 rings (SSSR count). The lowest BCUT2D eigenvalue weighted by Gasteiger charge is -2.32. The molecule has 0 radical (unpaired) electrons. The van der Waals surface area contributed by atoms with E-state index in [0.29, 0.717) is 10.4 Å². The lowest BCUT2D eigenvalue weighted by Crippen LogP contribution is -2.49. The van der Waals surface area contributed by atoms with Crippen molar-refractivity contribution in [1.29, 1.82) is 0 Å². The van der Waals surface area contributed by atoms with E-state index in [1.807, 2.05) is 85.8 Å². The smallest absolute Gasteiger partial charge is 0.252 e. The lowest BCUT2D eigenvalue weighted by molar-refractivity contribution is 0.0927. The normalized spacial score (nSPS) is 12.8. The van der Waals surface area contributed by atoms with Gasteiger partial charge < -0.3 is 5.32 Å². The molecule has 0 saturated carbocycles. The van der Waals surface area contributed by atoms with Crippen molar-refractivity contribution in [2.45, 2.75) is 12.5 Å². The van der Waals surface area contributed by atoms with Crippen molar-refractivity contribution in [3.8, 4) is 0 Å². The van der Waals surface area contributed by atoms with Gasteiger partial charge in [0.15, 0.2) is 0 Å². The van der Waals surface area contributed by atoms with Gasteiger partial charge in [-0.1, -0.05) is 91.1 Å². The number of hydrogen-bond donors (Lipinski definition) is 1. The molecule has 2 nitrogen and oxygen atoms in total. The molecule has 25 heavy (non-hydrogen) atoms. The van der Waals surface area contributed by atoms with Crippen molar-refractivity contribution in [2.24, 2.45) is 0 Å². The van der Waals surface area contributed by atoms with Crippen LogP contribution in [-0.2, 0) is 5.54 Å². The van der Waals surface area contributed by atoms with E-state index in [1.54, 1.807) is 12.1 Å². The highest BCUT2D eigenvalue weighted by molar-refractivity contribution is 7.81. The zero-order chi connectivity index (χ0) is 17.7. The summed E-state index contributed by atoms with van der Waals surface area (Å²) in [7, 11) is 0.